The molecule has 19 heavy (non-hydrogen) atoms. The van der Waals surface area contributed by atoms with Crippen molar-refractivity contribution >= 4 is 11.9 Å². The second kappa shape index (κ2) is 5.82. The van der Waals surface area contributed by atoms with Crippen LogP contribution in [0.25, 0.3) is 0 Å². The lowest BCUT2D eigenvalue weighted by molar-refractivity contribution is -0.141. The SMILES string of the molecule is CC(NC(=O)[C@@H]1CC[C@H](C(=O)O)C1)c1cccnc1. The van der Waals surface area contributed by atoms with Crippen LogP contribution in [0.15, 0.2) is 24.5 Å². The van der Waals surface area contributed by atoms with Gasteiger partial charge >= 0.3 is 5.97 Å². The Labute approximate surface area is 112 Å². The summed E-state index contributed by atoms with van der Waals surface area (Å²) in [5.41, 5.74) is 0.948. The number of nitrogens with zero attached hydrogens (tertiary/aromatic N) is 1. The van der Waals surface area contributed by atoms with Crippen molar-refractivity contribution in [1.29, 1.82) is 0 Å². The van der Waals surface area contributed by atoms with Crippen LogP contribution in [0.5, 0.6) is 0 Å². The molecule has 2 N–H and O–H groups in total. The van der Waals surface area contributed by atoms with Crippen LogP contribution in [0.1, 0.15) is 37.8 Å². The van der Waals surface area contributed by atoms with Crippen LogP contribution >= 0.6 is 0 Å². The number of aromatic nitrogens is 1. The third kappa shape index (κ3) is 3.30. The molecule has 1 fully saturated rings. The average Bonchev–Trinajstić information content (AvgIpc) is 2.89. The molecule has 0 spiro atoms. The Hall–Kier alpha value is -1.91. The number of aliphatic carboxylic acids is 1. The summed E-state index contributed by atoms with van der Waals surface area (Å²) in [5, 5.41) is 11.9. The Morgan fingerprint density at radius 1 is 1.42 bits per heavy atom. The number of carbonyl (C=O) groups is 2. The molecule has 1 unspecified atom stereocenters. The van der Waals surface area contributed by atoms with Gasteiger partial charge in [-0.05, 0) is 37.8 Å². The van der Waals surface area contributed by atoms with E-state index in [1.807, 2.05) is 19.1 Å². The maximum atomic E-state index is 12.1. The number of amides is 1. The van der Waals surface area contributed by atoms with E-state index < -0.39 is 5.97 Å². The number of carboxylic acids is 1. The van der Waals surface area contributed by atoms with Crippen LogP contribution < -0.4 is 5.32 Å². The second-order valence-electron chi connectivity index (χ2n) is 5.06. The van der Waals surface area contributed by atoms with Gasteiger partial charge in [0.05, 0.1) is 12.0 Å². The highest BCUT2D eigenvalue weighted by molar-refractivity contribution is 5.81. The van der Waals surface area contributed by atoms with E-state index in [2.05, 4.69) is 10.3 Å². The summed E-state index contributed by atoms with van der Waals surface area (Å²) in [7, 11) is 0. The molecule has 1 aromatic heterocycles. The van der Waals surface area contributed by atoms with E-state index in [1.165, 1.54) is 0 Å². The second-order valence-corrected chi connectivity index (χ2v) is 5.06. The van der Waals surface area contributed by atoms with Crippen molar-refractivity contribution in [3.05, 3.63) is 30.1 Å². The highest BCUT2D eigenvalue weighted by Crippen LogP contribution is 2.31. The number of carboxylic acid groups (broad SMARTS) is 1. The molecular formula is C14H18N2O3. The van der Waals surface area contributed by atoms with Crippen molar-refractivity contribution in [2.45, 2.75) is 32.2 Å². The van der Waals surface area contributed by atoms with Crippen molar-refractivity contribution in [2.24, 2.45) is 11.8 Å². The van der Waals surface area contributed by atoms with E-state index in [0.717, 1.165) is 5.56 Å². The first kappa shape index (κ1) is 13.5. The van der Waals surface area contributed by atoms with Crippen LogP contribution in [-0.4, -0.2) is 22.0 Å². The molecule has 1 saturated carbocycles. The first-order valence-corrected chi connectivity index (χ1v) is 6.51. The van der Waals surface area contributed by atoms with Gasteiger partial charge in [-0.1, -0.05) is 6.07 Å². The molecule has 102 valence electrons. The van der Waals surface area contributed by atoms with Crippen molar-refractivity contribution in [3.63, 3.8) is 0 Å². The number of nitrogens with one attached hydrogen (secondary N) is 1. The third-order valence-electron chi connectivity index (χ3n) is 3.70. The van der Waals surface area contributed by atoms with Crippen LogP contribution in [0.2, 0.25) is 0 Å². The quantitative estimate of drug-likeness (QED) is 0.866. The smallest absolute Gasteiger partial charge is 0.306 e. The van der Waals surface area contributed by atoms with Crippen LogP contribution in [0.3, 0.4) is 0 Å². The summed E-state index contributed by atoms with van der Waals surface area (Å²) >= 11 is 0. The molecule has 1 aromatic rings. The van der Waals surface area contributed by atoms with Crippen molar-refractivity contribution < 1.29 is 14.7 Å². The van der Waals surface area contributed by atoms with Gasteiger partial charge in [0.2, 0.25) is 5.91 Å². The summed E-state index contributed by atoms with van der Waals surface area (Å²) in [6, 6.07) is 3.63. The highest BCUT2D eigenvalue weighted by atomic mass is 16.4. The molecule has 5 nitrogen and oxygen atoms in total. The lowest BCUT2D eigenvalue weighted by atomic mass is 10.0. The monoisotopic (exact) mass is 262 g/mol. The molecular weight excluding hydrogens is 244 g/mol. The summed E-state index contributed by atoms with van der Waals surface area (Å²) in [5.74, 6) is -1.40. The number of pyridine rings is 1. The van der Waals surface area contributed by atoms with Gasteiger partial charge in [0.15, 0.2) is 0 Å². The predicted molar refractivity (Wildman–Crippen MR) is 69.3 cm³/mol. The van der Waals surface area contributed by atoms with E-state index in [9.17, 15) is 9.59 Å². The van der Waals surface area contributed by atoms with Gasteiger partial charge < -0.3 is 10.4 Å². The molecule has 0 aliphatic heterocycles. The summed E-state index contributed by atoms with van der Waals surface area (Å²) < 4.78 is 0. The molecule has 5 heteroatoms. The zero-order valence-electron chi connectivity index (χ0n) is 10.9. The fourth-order valence-electron chi connectivity index (χ4n) is 2.49. The van der Waals surface area contributed by atoms with Gasteiger partial charge in [-0.2, -0.15) is 0 Å². The van der Waals surface area contributed by atoms with Gasteiger partial charge in [0.1, 0.15) is 0 Å². The molecule has 0 bridgehead atoms. The minimum absolute atomic E-state index is 0.0555. The molecule has 1 aliphatic rings. The Bertz CT molecular complexity index is 461. The standard InChI is InChI=1S/C14H18N2O3/c1-9(12-3-2-6-15-8-12)16-13(17)10-4-5-11(7-10)14(18)19/h2-3,6,8-11H,4-5,7H2,1H3,(H,16,17)(H,18,19)/t9?,10-,11+/m1/s1. The van der Waals surface area contributed by atoms with Crippen molar-refractivity contribution in [1.82, 2.24) is 10.3 Å². The van der Waals surface area contributed by atoms with Crippen molar-refractivity contribution in [2.75, 3.05) is 0 Å². The van der Waals surface area contributed by atoms with Crippen LogP contribution in [0, 0.1) is 11.8 Å². The molecule has 1 aliphatic carbocycles. The number of carbonyl (C=O) groups excluding carboxylic acids is 1. The van der Waals surface area contributed by atoms with Gasteiger partial charge in [-0.3, -0.25) is 14.6 Å². The fraction of sp³-hybridized carbons (Fsp3) is 0.500. The van der Waals surface area contributed by atoms with Crippen LogP contribution in [-0.2, 0) is 9.59 Å². The Morgan fingerprint density at radius 3 is 2.74 bits per heavy atom. The molecule has 0 saturated heterocycles. The molecule has 1 amide bonds. The molecule has 1 heterocycles. The Balaban J connectivity index is 1.90. The van der Waals surface area contributed by atoms with E-state index in [0.29, 0.717) is 19.3 Å². The summed E-state index contributed by atoms with van der Waals surface area (Å²) in [6.45, 7) is 1.90. The fourth-order valence-corrected chi connectivity index (χ4v) is 2.49. The first-order chi connectivity index (χ1) is 9.08. The number of rotatable bonds is 4. The van der Waals surface area contributed by atoms with E-state index in [-0.39, 0.29) is 23.8 Å². The minimum Gasteiger partial charge on any atom is -0.481 e. The Morgan fingerprint density at radius 2 is 2.16 bits per heavy atom. The topological polar surface area (TPSA) is 79.3 Å². The first-order valence-electron chi connectivity index (χ1n) is 6.51. The normalized spacial score (nSPS) is 23.8. The maximum absolute atomic E-state index is 12.1. The van der Waals surface area contributed by atoms with Gasteiger partial charge in [0.25, 0.3) is 0 Å². The van der Waals surface area contributed by atoms with Gasteiger partial charge in [0, 0.05) is 18.3 Å². The summed E-state index contributed by atoms with van der Waals surface area (Å²) in [4.78, 5) is 27.0. The maximum Gasteiger partial charge on any atom is 0.306 e. The predicted octanol–water partition coefficient (Wildman–Crippen LogP) is 1.76. The van der Waals surface area contributed by atoms with Crippen LogP contribution in [0.4, 0.5) is 0 Å². The van der Waals surface area contributed by atoms with E-state index in [1.54, 1.807) is 12.4 Å². The number of hydrogen-bond acceptors (Lipinski definition) is 3. The summed E-state index contributed by atoms with van der Waals surface area (Å²) in [6.07, 6.45) is 5.10. The zero-order valence-corrected chi connectivity index (χ0v) is 10.9. The lowest BCUT2D eigenvalue weighted by Crippen LogP contribution is -2.32. The minimum atomic E-state index is -0.796. The highest BCUT2D eigenvalue weighted by Gasteiger charge is 2.34. The van der Waals surface area contributed by atoms with Crippen molar-refractivity contribution in [3.8, 4) is 0 Å². The number of hydrogen-bond donors (Lipinski definition) is 2. The molecule has 3 atom stereocenters. The van der Waals surface area contributed by atoms with E-state index >= 15 is 0 Å². The zero-order chi connectivity index (χ0) is 13.8. The molecule has 0 radical (unpaired) electrons. The lowest BCUT2D eigenvalue weighted by Gasteiger charge is -2.17. The Kier molecular flexibility index (Phi) is 4.14. The average molecular weight is 262 g/mol. The van der Waals surface area contributed by atoms with E-state index in [4.69, 9.17) is 5.11 Å². The van der Waals surface area contributed by atoms with Gasteiger partial charge in [-0.25, -0.2) is 0 Å². The third-order valence-corrected chi connectivity index (χ3v) is 3.70. The molecule has 2 rings (SSSR count). The molecule has 0 aromatic carbocycles. The largest absolute Gasteiger partial charge is 0.481 e. The van der Waals surface area contributed by atoms with Gasteiger partial charge in [-0.15, -0.1) is 0 Å².